The standard InChI is InChI=1S/C14H20N2O2S3/c15-14(19)12-7-8-13(20-12)21(17,18)16-9-3-5-10-4-1-2-6-11(10)16/h7-8,10-11H,1-6,9H2,(H2,15,19)/t10-,11-/m1/s1. The van der Waals surface area contributed by atoms with Gasteiger partial charge in [0.15, 0.2) is 0 Å². The maximum Gasteiger partial charge on any atom is 0.252 e. The molecule has 1 aliphatic carbocycles. The highest BCUT2D eigenvalue weighted by atomic mass is 32.2. The Bertz CT molecular complexity index is 636. The summed E-state index contributed by atoms with van der Waals surface area (Å²) in [4.78, 5) is 0.927. The average Bonchev–Trinajstić information content (AvgIpc) is 2.97. The summed E-state index contributed by atoms with van der Waals surface area (Å²) in [5.74, 6) is 0.539. The molecule has 0 radical (unpaired) electrons. The van der Waals surface area contributed by atoms with E-state index in [1.165, 1.54) is 30.6 Å². The van der Waals surface area contributed by atoms with Crippen LogP contribution >= 0.6 is 23.6 Å². The predicted octanol–water partition coefficient (Wildman–Crippen LogP) is 2.73. The van der Waals surface area contributed by atoms with Crippen LogP contribution in [0.5, 0.6) is 0 Å². The largest absolute Gasteiger partial charge is 0.389 e. The number of nitrogens with zero attached hydrogens (tertiary/aromatic N) is 1. The Kier molecular flexibility index (Phi) is 4.36. The zero-order valence-electron chi connectivity index (χ0n) is 11.8. The SMILES string of the molecule is NC(=S)c1ccc(S(=O)(=O)N2CCC[C@H]3CCCC[C@H]32)s1. The Balaban J connectivity index is 1.90. The monoisotopic (exact) mass is 344 g/mol. The molecule has 2 aliphatic rings. The van der Waals surface area contributed by atoms with Crippen LogP contribution in [0.15, 0.2) is 16.3 Å². The van der Waals surface area contributed by atoms with Gasteiger partial charge in [-0.3, -0.25) is 0 Å². The summed E-state index contributed by atoms with van der Waals surface area (Å²) in [5, 5.41) is 0. The number of hydrogen-bond acceptors (Lipinski definition) is 4. The van der Waals surface area contributed by atoms with Gasteiger partial charge in [-0.05, 0) is 43.7 Å². The molecule has 2 heterocycles. The Morgan fingerprint density at radius 3 is 2.67 bits per heavy atom. The van der Waals surface area contributed by atoms with Crippen LogP contribution in [0, 0.1) is 5.92 Å². The van der Waals surface area contributed by atoms with E-state index in [2.05, 4.69) is 0 Å². The number of sulfonamides is 1. The van der Waals surface area contributed by atoms with Gasteiger partial charge < -0.3 is 5.73 Å². The molecule has 0 amide bonds. The van der Waals surface area contributed by atoms with Crippen molar-refractivity contribution in [3.63, 3.8) is 0 Å². The summed E-state index contributed by atoms with van der Waals surface area (Å²) < 4.78 is 28.0. The fraction of sp³-hybridized carbons (Fsp3) is 0.643. The van der Waals surface area contributed by atoms with E-state index >= 15 is 0 Å². The van der Waals surface area contributed by atoms with Gasteiger partial charge in [-0.15, -0.1) is 11.3 Å². The highest BCUT2D eigenvalue weighted by Crippen LogP contribution is 2.39. The van der Waals surface area contributed by atoms with E-state index in [-0.39, 0.29) is 11.0 Å². The Hall–Kier alpha value is -0.500. The molecule has 1 aromatic rings. The lowest BCUT2D eigenvalue weighted by molar-refractivity contribution is 0.129. The van der Waals surface area contributed by atoms with Gasteiger partial charge in [-0.1, -0.05) is 25.1 Å². The minimum atomic E-state index is -3.41. The molecule has 1 aromatic heterocycles. The summed E-state index contributed by atoms with van der Waals surface area (Å²) in [6.45, 7) is 0.643. The van der Waals surface area contributed by atoms with Crippen molar-refractivity contribution in [2.75, 3.05) is 6.54 Å². The molecule has 2 atom stereocenters. The van der Waals surface area contributed by atoms with E-state index in [1.807, 2.05) is 0 Å². The van der Waals surface area contributed by atoms with Crippen molar-refractivity contribution in [3.8, 4) is 0 Å². The van der Waals surface area contributed by atoms with Gasteiger partial charge >= 0.3 is 0 Å². The number of fused-ring (bicyclic) bond motifs is 1. The first-order chi connectivity index (χ1) is 10.00. The fourth-order valence-electron chi connectivity index (χ4n) is 3.58. The second-order valence-electron chi connectivity index (χ2n) is 5.85. The first-order valence-corrected chi connectivity index (χ1v) is 10.1. The van der Waals surface area contributed by atoms with E-state index in [0.29, 0.717) is 21.5 Å². The first kappa shape index (κ1) is 15.4. The second kappa shape index (κ2) is 5.95. The molecule has 3 rings (SSSR count). The van der Waals surface area contributed by atoms with Crippen LogP contribution in [0.1, 0.15) is 43.4 Å². The van der Waals surface area contributed by atoms with E-state index in [1.54, 1.807) is 16.4 Å². The molecule has 116 valence electrons. The smallest absolute Gasteiger partial charge is 0.252 e. The Morgan fingerprint density at radius 2 is 1.95 bits per heavy atom. The molecule has 0 bridgehead atoms. The van der Waals surface area contributed by atoms with Crippen molar-refractivity contribution >= 4 is 38.6 Å². The first-order valence-electron chi connectivity index (χ1n) is 7.41. The molecule has 1 saturated heterocycles. The minimum Gasteiger partial charge on any atom is -0.389 e. The number of hydrogen-bond donors (Lipinski definition) is 1. The number of nitrogens with two attached hydrogens (primary N) is 1. The average molecular weight is 345 g/mol. The van der Waals surface area contributed by atoms with Crippen LogP contribution < -0.4 is 5.73 Å². The lowest BCUT2D eigenvalue weighted by Crippen LogP contribution is -2.49. The summed E-state index contributed by atoms with van der Waals surface area (Å²) in [6, 6.07) is 3.54. The minimum absolute atomic E-state index is 0.188. The highest BCUT2D eigenvalue weighted by molar-refractivity contribution is 7.91. The Labute approximate surface area is 135 Å². The van der Waals surface area contributed by atoms with Crippen LogP contribution in [0.2, 0.25) is 0 Å². The van der Waals surface area contributed by atoms with Gasteiger partial charge in [-0.25, -0.2) is 8.42 Å². The highest BCUT2D eigenvalue weighted by Gasteiger charge is 2.40. The predicted molar refractivity (Wildman–Crippen MR) is 89.1 cm³/mol. The molecule has 1 saturated carbocycles. The third-order valence-corrected chi connectivity index (χ3v) is 8.44. The second-order valence-corrected chi connectivity index (χ2v) is 9.49. The molecular formula is C14H20N2O2S3. The van der Waals surface area contributed by atoms with Crippen molar-refractivity contribution in [3.05, 3.63) is 17.0 Å². The van der Waals surface area contributed by atoms with E-state index < -0.39 is 10.0 Å². The van der Waals surface area contributed by atoms with Crippen molar-refractivity contribution in [1.29, 1.82) is 0 Å². The normalized spacial score (nSPS) is 27.2. The molecule has 2 N–H and O–H groups in total. The van der Waals surface area contributed by atoms with Crippen molar-refractivity contribution < 1.29 is 8.42 Å². The molecular weight excluding hydrogens is 324 g/mol. The van der Waals surface area contributed by atoms with Crippen molar-refractivity contribution in [2.24, 2.45) is 11.7 Å². The summed E-state index contributed by atoms with van der Waals surface area (Å²) >= 11 is 6.11. The van der Waals surface area contributed by atoms with Crippen LogP contribution in [0.3, 0.4) is 0 Å². The lowest BCUT2D eigenvalue weighted by atomic mass is 9.79. The summed E-state index contributed by atoms with van der Waals surface area (Å²) in [7, 11) is -3.41. The molecule has 21 heavy (non-hydrogen) atoms. The third kappa shape index (κ3) is 2.88. The lowest BCUT2D eigenvalue weighted by Gasteiger charge is -2.42. The molecule has 7 heteroatoms. The Morgan fingerprint density at radius 1 is 1.24 bits per heavy atom. The molecule has 4 nitrogen and oxygen atoms in total. The van der Waals surface area contributed by atoms with Crippen molar-refractivity contribution in [1.82, 2.24) is 4.31 Å². The number of piperidine rings is 1. The summed E-state index contributed by atoms with van der Waals surface area (Å²) in [6.07, 6.45) is 6.67. The zero-order valence-corrected chi connectivity index (χ0v) is 14.3. The van der Waals surface area contributed by atoms with Gasteiger partial charge in [0, 0.05) is 12.6 Å². The van der Waals surface area contributed by atoms with Crippen molar-refractivity contribution in [2.45, 2.75) is 48.8 Å². The van der Waals surface area contributed by atoms with Crippen LogP contribution in [-0.2, 0) is 10.0 Å². The quantitative estimate of drug-likeness (QED) is 0.857. The molecule has 0 aromatic carbocycles. The maximum absolute atomic E-state index is 12.9. The van der Waals surface area contributed by atoms with Gasteiger partial charge in [0.05, 0.1) is 4.88 Å². The number of rotatable bonds is 3. The van der Waals surface area contributed by atoms with Gasteiger partial charge in [-0.2, -0.15) is 4.31 Å². The van der Waals surface area contributed by atoms with E-state index in [4.69, 9.17) is 18.0 Å². The van der Waals surface area contributed by atoms with Crippen LogP contribution in [-0.4, -0.2) is 30.3 Å². The molecule has 2 fully saturated rings. The van der Waals surface area contributed by atoms with Crippen LogP contribution in [0.25, 0.3) is 0 Å². The topological polar surface area (TPSA) is 63.4 Å². The van der Waals surface area contributed by atoms with Gasteiger partial charge in [0.2, 0.25) is 0 Å². The zero-order chi connectivity index (χ0) is 15.0. The number of thiophene rings is 1. The summed E-state index contributed by atoms with van der Waals surface area (Å²) in [5.41, 5.74) is 5.59. The third-order valence-electron chi connectivity index (χ3n) is 4.58. The maximum atomic E-state index is 12.9. The van der Waals surface area contributed by atoms with Gasteiger partial charge in [0.25, 0.3) is 10.0 Å². The molecule has 0 unspecified atom stereocenters. The van der Waals surface area contributed by atoms with Crippen LogP contribution in [0.4, 0.5) is 0 Å². The van der Waals surface area contributed by atoms with Gasteiger partial charge in [0.1, 0.15) is 9.20 Å². The molecule has 1 aliphatic heterocycles. The van der Waals surface area contributed by atoms with E-state index in [9.17, 15) is 8.42 Å². The fourth-order valence-corrected chi connectivity index (χ4v) is 6.82. The number of thiocarbonyl (C=S) groups is 1. The van der Waals surface area contributed by atoms with E-state index in [0.717, 1.165) is 19.3 Å². The molecule has 0 spiro atoms.